The van der Waals surface area contributed by atoms with Crippen LogP contribution in [0.4, 0.5) is 10.1 Å². The number of hydrogen-bond donors (Lipinski definition) is 1. The molecule has 0 spiro atoms. The summed E-state index contributed by atoms with van der Waals surface area (Å²) >= 11 is 5.63. The van der Waals surface area contributed by atoms with Crippen LogP contribution in [0.3, 0.4) is 0 Å². The number of nitrogens with one attached hydrogen (secondary N) is 1. The summed E-state index contributed by atoms with van der Waals surface area (Å²) in [5.41, 5.74) is 0.0901. The van der Waals surface area contributed by atoms with Crippen LogP contribution in [0.15, 0.2) is 18.2 Å². The van der Waals surface area contributed by atoms with Crippen molar-refractivity contribution < 1.29 is 18.7 Å². The van der Waals surface area contributed by atoms with E-state index in [2.05, 4.69) is 10.1 Å². The molecule has 0 aliphatic heterocycles. The Morgan fingerprint density at radius 2 is 2.14 bits per heavy atom. The third kappa shape index (κ3) is 6.55. The molecule has 1 rings (SSSR count). The zero-order valence-electron chi connectivity index (χ0n) is 12.0. The number of esters is 1. The van der Waals surface area contributed by atoms with Crippen molar-refractivity contribution >= 4 is 29.2 Å². The molecule has 0 unspecified atom stereocenters. The van der Waals surface area contributed by atoms with Gasteiger partial charge in [-0.3, -0.25) is 14.5 Å². The molecule has 0 radical (unpaired) electrons. The molecular formula is C14H18ClFN2O3. The van der Waals surface area contributed by atoms with E-state index in [-0.39, 0.29) is 29.1 Å². The molecule has 0 saturated carbocycles. The molecule has 21 heavy (non-hydrogen) atoms. The van der Waals surface area contributed by atoms with Crippen LogP contribution in [0.1, 0.15) is 12.8 Å². The van der Waals surface area contributed by atoms with E-state index in [0.29, 0.717) is 19.4 Å². The Bertz CT molecular complexity index is 511. The molecule has 0 fully saturated rings. The lowest BCUT2D eigenvalue weighted by Gasteiger charge is -2.16. The van der Waals surface area contributed by atoms with Crippen molar-refractivity contribution in [1.29, 1.82) is 0 Å². The molecule has 7 heteroatoms. The highest BCUT2D eigenvalue weighted by molar-refractivity contribution is 6.30. The number of amides is 1. The van der Waals surface area contributed by atoms with Crippen LogP contribution in [0.25, 0.3) is 0 Å². The zero-order valence-corrected chi connectivity index (χ0v) is 12.7. The average molecular weight is 317 g/mol. The molecule has 5 nitrogen and oxygen atoms in total. The number of anilines is 1. The smallest absolute Gasteiger partial charge is 0.305 e. The van der Waals surface area contributed by atoms with E-state index in [4.69, 9.17) is 11.6 Å². The number of rotatable bonds is 7. The van der Waals surface area contributed by atoms with Gasteiger partial charge in [-0.2, -0.15) is 0 Å². The number of halogens is 2. The second-order valence-electron chi connectivity index (χ2n) is 4.59. The van der Waals surface area contributed by atoms with Gasteiger partial charge in [-0.25, -0.2) is 4.39 Å². The van der Waals surface area contributed by atoms with Crippen molar-refractivity contribution in [3.05, 3.63) is 29.0 Å². The SMILES string of the molecule is COC(=O)CCCN(C)CC(=O)Nc1ccc(Cl)cc1F. The minimum atomic E-state index is -0.579. The summed E-state index contributed by atoms with van der Waals surface area (Å²) < 4.78 is 18.0. The van der Waals surface area contributed by atoms with Gasteiger partial charge < -0.3 is 10.1 Å². The zero-order chi connectivity index (χ0) is 15.8. The van der Waals surface area contributed by atoms with Crippen LogP contribution in [-0.2, 0) is 14.3 Å². The topological polar surface area (TPSA) is 58.6 Å². The fourth-order valence-electron chi connectivity index (χ4n) is 1.70. The molecular weight excluding hydrogens is 299 g/mol. The second-order valence-corrected chi connectivity index (χ2v) is 5.03. The van der Waals surface area contributed by atoms with E-state index >= 15 is 0 Å². The minimum Gasteiger partial charge on any atom is -0.469 e. The lowest BCUT2D eigenvalue weighted by molar-refractivity contribution is -0.140. The van der Waals surface area contributed by atoms with Gasteiger partial charge in [0.2, 0.25) is 5.91 Å². The molecule has 0 saturated heterocycles. The largest absolute Gasteiger partial charge is 0.469 e. The Hall–Kier alpha value is -1.66. The standard InChI is InChI=1S/C14H18ClFN2O3/c1-18(7-3-4-14(20)21-2)9-13(19)17-12-6-5-10(15)8-11(12)16/h5-6,8H,3-4,7,9H2,1-2H3,(H,17,19). The maximum Gasteiger partial charge on any atom is 0.305 e. The summed E-state index contributed by atoms with van der Waals surface area (Å²) in [6.07, 6.45) is 0.889. The molecule has 0 atom stereocenters. The Kier molecular flexibility index (Phi) is 7.11. The molecule has 0 aliphatic carbocycles. The number of ether oxygens (including phenoxy) is 1. The third-order valence-electron chi connectivity index (χ3n) is 2.77. The van der Waals surface area contributed by atoms with Crippen LogP contribution in [-0.4, -0.2) is 44.0 Å². The van der Waals surface area contributed by atoms with Crippen LogP contribution in [0.2, 0.25) is 5.02 Å². The van der Waals surface area contributed by atoms with Crippen molar-refractivity contribution in [1.82, 2.24) is 4.90 Å². The van der Waals surface area contributed by atoms with Gasteiger partial charge in [-0.1, -0.05) is 11.6 Å². The molecule has 0 aromatic heterocycles. The maximum atomic E-state index is 13.5. The normalized spacial score (nSPS) is 10.5. The summed E-state index contributed by atoms with van der Waals surface area (Å²) in [6.45, 7) is 0.662. The van der Waals surface area contributed by atoms with Crippen molar-refractivity contribution in [2.75, 3.05) is 32.6 Å². The van der Waals surface area contributed by atoms with E-state index in [1.54, 1.807) is 11.9 Å². The first-order valence-corrected chi connectivity index (χ1v) is 6.80. The quantitative estimate of drug-likeness (QED) is 0.784. The molecule has 0 heterocycles. The van der Waals surface area contributed by atoms with E-state index in [0.717, 1.165) is 6.07 Å². The first-order valence-electron chi connectivity index (χ1n) is 6.42. The molecule has 0 aliphatic rings. The van der Waals surface area contributed by atoms with Crippen molar-refractivity contribution in [2.45, 2.75) is 12.8 Å². The van der Waals surface area contributed by atoms with Gasteiger partial charge in [-0.05, 0) is 38.2 Å². The van der Waals surface area contributed by atoms with Crippen LogP contribution >= 0.6 is 11.6 Å². The Morgan fingerprint density at radius 3 is 2.76 bits per heavy atom. The highest BCUT2D eigenvalue weighted by Gasteiger charge is 2.10. The molecule has 0 bridgehead atoms. The van der Waals surface area contributed by atoms with Gasteiger partial charge in [0.25, 0.3) is 0 Å². The average Bonchev–Trinajstić information content (AvgIpc) is 2.41. The molecule has 1 aromatic rings. The molecule has 1 aromatic carbocycles. The Balaban J connectivity index is 2.37. The predicted molar refractivity (Wildman–Crippen MR) is 78.8 cm³/mol. The maximum absolute atomic E-state index is 13.5. The van der Waals surface area contributed by atoms with Crippen molar-refractivity contribution in [3.63, 3.8) is 0 Å². The summed E-state index contributed by atoms with van der Waals surface area (Å²) in [6, 6.07) is 4.05. The highest BCUT2D eigenvalue weighted by atomic mass is 35.5. The Labute approximate surface area is 128 Å². The van der Waals surface area contributed by atoms with Gasteiger partial charge in [0.15, 0.2) is 0 Å². The lowest BCUT2D eigenvalue weighted by Crippen LogP contribution is -2.31. The number of carbonyl (C=O) groups is 2. The Morgan fingerprint density at radius 1 is 1.43 bits per heavy atom. The number of hydrogen-bond acceptors (Lipinski definition) is 4. The summed E-state index contributed by atoms with van der Waals surface area (Å²) in [5, 5.41) is 2.74. The van der Waals surface area contributed by atoms with Crippen LogP contribution in [0.5, 0.6) is 0 Å². The fourth-order valence-corrected chi connectivity index (χ4v) is 1.86. The predicted octanol–water partition coefficient (Wildman–Crippen LogP) is 2.30. The summed E-state index contributed by atoms with van der Waals surface area (Å²) in [5.74, 6) is -1.20. The highest BCUT2D eigenvalue weighted by Crippen LogP contribution is 2.18. The van der Waals surface area contributed by atoms with E-state index < -0.39 is 5.82 Å². The minimum absolute atomic E-state index is 0.0901. The number of methoxy groups -OCH3 is 1. The van der Waals surface area contributed by atoms with Crippen LogP contribution < -0.4 is 5.32 Å². The van der Waals surface area contributed by atoms with Crippen LogP contribution in [0, 0.1) is 5.82 Å². The van der Waals surface area contributed by atoms with Gasteiger partial charge in [0.05, 0.1) is 19.3 Å². The second kappa shape index (κ2) is 8.59. The number of carbonyl (C=O) groups excluding carboxylic acids is 2. The summed E-state index contributed by atoms with van der Waals surface area (Å²) in [4.78, 5) is 24.5. The van der Waals surface area contributed by atoms with E-state index in [1.807, 2.05) is 0 Å². The van der Waals surface area contributed by atoms with Gasteiger partial charge in [0.1, 0.15) is 5.82 Å². The number of nitrogens with zero attached hydrogens (tertiary/aromatic N) is 1. The molecule has 116 valence electrons. The first kappa shape index (κ1) is 17.4. The van der Waals surface area contributed by atoms with E-state index in [9.17, 15) is 14.0 Å². The van der Waals surface area contributed by atoms with Gasteiger partial charge in [-0.15, -0.1) is 0 Å². The lowest BCUT2D eigenvalue weighted by atomic mass is 10.3. The molecule has 1 amide bonds. The van der Waals surface area contributed by atoms with Crippen molar-refractivity contribution in [2.24, 2.45) is 0 Å². The van der Waals surface area contributed by atoms with E-state index in [1.165, 1.54) is 19.2 Å². The monoisotopic (exact) mass is 316 g/mol. The number of benzene rings is 1. The van der Waals surface area contributed by atoms with Crippen molar-refractivity contribution in [3.8, 4) is 0 Å². The third-order valence-corrected chi connectivity index (χ3v) is 3.00. The molecule has 1 N–H and O–H groups in total. The van der Waals surface area contributed by atoms with Gasteiger partial charge >= 0.3 is 5.97 Å². The van der Waals surface area contributed by atoms with Gasteiger partial charge in [0, 0.05) is 11.4 Å². The number of likely N-dealkylation sites (N-methyl/N-ethyl adjacent to an activating group) is 1. The fraction of sp³-hybridized carbons (Fsp3) is 0.429. The summed E-state index contributed by atoms with van der Waals surface area (Å²) in [7, 11) is 3.08. The first-order chi connectivity index (χ1) is 9.92.